The highest BCUT2D eigenvalue weighted by molar-refractivity contribution is 6.30. The SMILES string of the molecule is CCOc1cc(Cl)ccc1C(=O)N1C[C@H](O)C[C@@H]1c1nc(C)no1. The molecule has 1 aliphatic heterocycles. The van der Waals surface area contributed by atoms with Gasteiger partial charge in [0.1, 0.15) is 11.8 Å². The first kappa shape index (κ1) is 16.7. The second-order valence-electron chi connectivity index (χ2n) is 5.62. The molecule has 0 unspecified atom stereocenters. The number of hydrogen-bond donors (Lipinski definition) is 1. The number of likely N-dealkylation sites (tertiary alicyclic amines) is 1. The number of aliphatic hydroxyl groups is 1. The van der Waals surface area contributed by atoms with Gasteiger partial charge in [0.15, 0.2) is 5.82 Å². The van der Waals surface area contributed by atoms with Crippen molar-refractivity contribution in [3.63, 3.8) is 0 Å². The smallest absolute Gasteiger partial charge is 0.258 e. The number of benzene rings is 1. The number of carbonyl (C=O) groups excluding carboxylic acids is 1. The molecule has 0 radical (unpaired) electrons. The summed E-state index contributed by atoms with van der Waals surface area (Å²) >= 11 is 5.99. The van der Waals surface area contributed by atoms with Gasteiger partial charge in [-0.2, -0.15) is 4.98 Å². The number of nitrogens with zero attached hydrogens (tertiary/aromatic N) is 3. The summed E-state index contributed by atoms with van der Waals surface area (Å²) in [6.07, 6.45) is -0.292. The second kappa shape index (κ2) is 6.78. The molecule has 24 heavy (non-hydrogen) atoms. The van der Waals surface area contributed by atoms with Crippen molar-refractivity contribution in [1.29, 1.82) is 0 Å². The van der Waals surface area contributed by atoms with E-state index in [-0.39, 0.29) is 12.5 Å². The van der Waals surface area contributed by atoms with Crippen LogP contribution in [-0.2, 0) is 0 Å². The van der Waals surface area contributed by atoms with Crippen molar-refractivity contribution in [3.05, 3.63) is 40.5 Å². The van der Waals surface area contributed by atoms with E-state index in [1.54, 1.807) is 25.1 Å². The summed E-state index contributed by atoms with van der Waals surface area (Å²) in [5.41, 5.74) is 0.386. The minimum atomic E-state index is -0.644. The lowest BCUT2D eigenvalue weighted by Crippen LogP contribution is -2.32. The zero-order valence-electron chi connectivity index (χ0n) is 13.4. The predicted octanol–water partition coefficient (Wildman–Crippen LogP) is 2.38. The van der Waals surface area contributed by atoms with E-state index in [9.17, 15) is 9.90 Å². The number of hydrogen-bond acceptors (Lipinski definition) is 6. The summed E-state index contributed by atoms with van der Waals surface area (Å²) in [5.74, 6) is 0.953. The summed E-state index contributed by atoms with van der Waals surface area (Å²) in [5, 5.41) is 14.3. The predicted molar refractivity (Wildman–Crippen MR) is 86.1 cm³/mol. The molecule has 0 bridgehead atoms. The monoisotopic (exact) mass is 351 g/mol. The van der Waals surface area contributed by atoms with Crippen LogP contribution in [0.25, 0.3) is 0 Å². The van der Waals surface area contributed by atoms with Crippen LogP contribution >= 0.6 is 11.6 Å². The molecule has 128 valence electrons. The van der Waals surface area contributed by atoms with E-state index in [2.05, 4.69) is 10.1 Å². The molecule has 1 aliphatic rings. The fraction of sp³-hybridized carbons (Fsp3) is 0.438. The Bertz CT molecular complexity index is 749. The molecule has 0 aliphatic carbocycles. The number of aryl methyl sites for hydroxylation is 1. The zero-order chi connectivity index (χ0) is 17.3. The Morgan fingerprint density at radius 1 is 1.54 bits per heavy atom. The lowest BCUT2D eigenvalue weighted by atomic mass is 10.1. The van der Waals surface area contributed by atoms with Crippen molar-refractivity contribution in [1.82, 2.24) is 15.0 Å². The van der Waals surface area contributed by atoms with E-state index in [1.807, 2.05) is 6.92 Å². The molecule has 1 aromatic heterocycles. The molecule has 8 heteroatoms. The molecule has 1 fully saturated rings. The highest BCUT2D eigenvalue weighted by atomic mass is 35.5. The van der Waals surface area contributed by atoms with Crippen LogP contribution in [0.4, 0.5) is 0 Å². The van der Waals surface area contributed by atoms with E-state index in [4.69, 9.17) is 20.9 Å². The van der Waals surface area contributed by atoms with Crippen LogP contribution in [0.1, 0.15) is 41.5 Å². The van der Waals surface area contributed by atoms with E-state index in [1.165, 1.54) is 4.90 Å². The fourth-order valence-electron chi connectivity index (χ4n) is 2.82. The Kier molecular flexibility index (Phi) is 4.73. The van der Waals surface area contributed by atoms with Gasteiger partial charge in [0.2, 0.25) is 5.89 Å². The highest BCUT2D eigenvalue weighted by Gasteiger charge is 2.39. The molecule has 1 saturated heterocycles. The van der Waals surface area contributed by atoms with Crippen LogP contribution < -0.4 is 4.74 Å². The molecule has 1 N–H and O–H groups in total. The van der Waals surface area contributed by atoms with Gasteiger partial charge in [-0.25, -0.2) is 0 Å². The van der Waals surface area contributed by atoms with Crippen LogP contribution in [0.15, 0.2) is 22.7 Å². The number of β-amino-alcohol motifs (C(OH)–C–C–N with tert-alkyl or cyclic N) is 1. The van der Waals surface area contributed by atoms with Crippen molar-refractivity contribution in [3.8, 4) is 5.75 Å². The molecule has 2 heterocycles. The van der Waals surface area contributed by atoms with E-state index >= 15 is 0 Å². The lowest BCUT2D eigenvalue weighted by Gasteiger charge is -2.23. The van der Waals surface area contributed by atoms with Crippen molar-refractivity contribution >= 4 is 17.5 Å². The first-order chi connectivity index (χ1) is 11.5. The minimum Gasteiger partial charge on any atom is -0.493 e. The first-order valence-electron chi connectivity index (χ1n) is 7.71. The molecule has 3 rings (SSSR count). The summed E-state index contributed by atoms with van der Waals surface area (Å²) in [4.78, 5) is 18.7. The third-order valence-corrected chi connectivity index (χ3v) is 4.08. The maximum atomic E-state index is 13.0. The van der Waals surface area contributed by atoms with E-state index < -0.39 is 12.1 Å². The summed E-state index contributed by atoms with van der Waals surface area (Å²) in [6, 6.07) is 4.40. The van der Waals surface area contributed by atoms with Gasteiger partial charge < -0.3 is 19.3 Å². The van der Waals surface area contributed by atoms with Gasteiger partial charge in [-0.15, -0.1) is 0 Å². The van der Waals surface area contributed by atoms with Crippen molar-refractivity contribution in [2.24, 2.45) is 0 Å². The van der Waals surface area contributed by atoms with Gasteiger partial charge in [-0.1, -0.05) is 16.8 Å². The van der Waals surface area contributed by atoms with Gasteiger partial charge in [0.25, 0.3) is 5.91 Å². The molecule has 7 nitrogen and oxygen atoms in total. The normalized spacial score (nSPS) is 20.4. The summed E-state index contributed by atoms with van der Waals surface area (Å²) in [7, 11) is 0. The number of halogens is 1. The lowest BCUT2D eigenvalue weighted by molar-refractivity contribution is 0.0689. The van der Waals surface area contributed by atoms with Crippen LogP contribution in [0.3, 0.4) is 0 Å². The molecule has 0 saturated carbocycles. The number of rotatable bonds is 4. The van der Waals surface area contributed by atoms with Crippen molar-refractivity contribution in [2.75, 3.05) is 13.2 Å². The number of amides is 1. The van der Waals surface area contributed by atoms with Crippen LogP contribution in [0.5, 0.6) is 5.75 Å². The van der Waals surface area contributed by atoms with Crippen molar-refractivity contribution < 1.29 is 19.2 Å². The second-order valence-corrected chi connectivity index (χ2v) is 6.05. The number of aromatic nitrogens is 2. The Hall–Kier alpha value is -2.12. The standard InChI is InChI=1S/C16H18ClN3O4/c1-3-23-14-6-10(17)4-5-12(14)16(22)20-8-11(21)7-13(20)15-18-9(2)19-24-15/h4-6,11,13,21H,3,7-8H2,1-2H3/t11-,13-/m1/s1. The average molecular weight is 352 g/mol. The molecule has 1 amide bonds. The Morgan fingerprint density at radius 3 is 3.00 bits per heavy atom. The molecule has 2 aromatic rings. The molecule has 2 atom stereocenters. The van der Waals surface area contributed by atoms with Gasteiger partial charge >= 0.3 is 0 Å². The molecule has 0 spiro atoms. The summed E-state index contributed by atoms with van der Waals surface area (Å²) in [6.45, 7) is 4.14. The van der Waals surface area contributed by atoms with Crippen LogP contribution in [-0.4, -0.2) is 45.3 Å². The third-order valence-electron chi connectivity index (χ3n) is 3.84. The summed E-state index contributed by atoms with van der Waals surface area (Å²) < 4.78 is 10.7. The number of carbonyl (C=O) groups is 1. The maximum absolute atomic E-state index is 13.0. The van der Waals surface area contributed by atoms with Gasteiger partial charge in [-0.05, 0) is 32.0 Å². The molecule has 1 aromatic carbocycles. The van der Waals surface area contributed by atoms with Gasteiger partial charge in [0.05, 0.1) is 18.3 Å². The van der Waals surface area contributed by atoms with Crippen LogP contribution in [0, 0.1) is 6.92 Å². The Balaban J connectivity index is 1.93. The fourth-order valence-corrected chi connectivity index (χ4v) is 2.99. The first-order valence-corrected chi connectivity index (χ1v) is 8.09. The minimum absolute atomic E-state index is 0.194. The Morgan fingerprint density at radius 2 is 2.33 bits per heavy atom. The largest absolute Gasteiger partial charge is 0.493 e. The maximum Gasteiger partial charge on any atom is 0.258 e. The third kappa shape index (κ3) is 3.22. The molecular weight excluding hydrogens is 334 g/mol. The Labute approximate surface area is 144 Å². The zero-order valence-corrected chi connectivity index (χ0v) is 14.2. The number of ether oxygens (including phenoxy) is 1. The van der Waals surface area contributed by atoms with Crippen molar-refractivity contribution in [2.45, 2.75) is 32.4 Å². The average Bonchev–Trinajstić information content (AvgIpc) is 3.13. The highest BCUT2D eigenvalue weighted by Crippen LogP contribution is 2.34. The number of aliphatic hydroxyl groups excluding tert-OH is 1. The van der Waals surface area contributed by atoms with Gasteiger partial charge in [-0.3, -0.25) is 4.79 Å². The van der Waals surface area contributed by atoms with E-state index in [0.717, 1.165) is 0 Å². The van der Waals surface area contributed by atoms with E-state index in [0.29, 0.717) is 41.1 Å². The quantitative estimate of drug-likeness (QED) is 0.909. The van der Waals surface area contributed by atoms with Gasteiger partial charge in [0, 0.05) is 18.0 Å². The van der Waals surface area contributed by atoms with Crippen LogP contribution in [0.2, 0.25) is 5.02 Å². The molecular formula is C16H18ClN3O4. The topological polar surface area (TPSA) is 88.7 Å².